The molecule has 0 spiro atoms. The molecule has 0 amide bonds. The van der Waals surface area contributed by atoms with Crippen LogP contribution >= 0.6 is 11.3 Å². The van der Waals surface area contributed by atoms with E-state index in [-0.39, 0.29) is 10.8 Å². The SMILES string of the molecule is CC(C)(C)C1=Nc2cccc3cc4c(sc5c(-c6cc(C(C)(C)C)c7ccccc7c6)nccc54)c1c23. The summed E-state index contributed by atoms with van der Waals surface area (Å²) in [5, 5.41) is 7.72. The maximum Gasteiger partial charge on any atom is 0.0880 e. The fourth-order valence-corrected chi connectivity index (χ4v) is 7.24. The molecule has 2 aromatic heterocycles. The van der Waals surface area contributed by atoms with Crippen molar-refractivity contribution in [1.29, 1.82) is 0 Å². The zero-order valence-corrected chi connectivity index (χ0v) is 23.0. The lowest BCUT2D eigenvalue weighted by Crippen LogP contribution is -2.19. The van der Waals surface area contributed by atoms with E-state index >= 15 is 0 Å². The summed E-state index contributed by atoms with van der Waals surface area (Å²) in [7, 11) is 0. The molecule has 7 rings (SSSR count). The highest BCUT2D eigenvalue weighted by Crippen LogP contribution is 2.49. The van der Waals surface area contributed by atoms with Crippen LogP contribution in [0.5, 0.6) is 0 Å². The molecule has 0 unspecified atom stereocenters. The highest BCUT2D eigenvalue weighted by molar-refractivity contribution is 7.26. The van der Waals surface area contributed by atoms with E-state index in [4.69, 9.17) is 9.98 Å². The molecule has 0 radical (unpaired) electrons. The van der Waals surface area contributed by atoms with Gasteiger partial charge in [0.05, 0.1) is 21.8 Å². The minimum absolute atomic E-state index is 0.0296. The average molecular weight is 499 g/mol. The highest BCUT2D eigenvalue weighted by atomic mass is 32.1. The second-order valence-electron chi connectivity index (χ2n) is 12.3. The fourth-order valence-electron chi connectivity index (χ4n) is 5.90. The maximum absolute atomic E-state index is 5.15. The molecule has 0 N–H and O–H groups in total. The molecule has 0 aliphatic carbocycles. The number of rotatable bonds is 1. The van der Waals surface area contributed by atoms with E-state index in [1.54, 1.807) is 0 Å². The molecule has 0 fully saturated rings. The van der Waals surface area contributed by atoms with E-state index in [2.05, 4.69) is 108 Å². The molecule has 4 aromatic carbocycles. The van der Waals surface area contributed by atoms with Crippen molar-refractivity contribution in [1.82, 2.24) is 4.98 Å². The minimum Gasteiger partial charge on any atom is -0.255 e. The third kappa shape index (κ3) is 3.30. The quantitative estimate of drug-likeness (QED) is 0.221. The number of thiophene rings is 1. The average Bonchev–Trinajstić information content (AvgIpc) is 3.43. The minimum atomic E-state index is -0.0442. The van der Waals surface area contributed by atoms with Gasteiger partial charge in [0.2, 0.25) is 0 Å². The third-order valence-electron chi connectivity index (χ3n) is 7.62. The van der Waals surface area contributed by atoms with E-state index in [1.165, 1.54) is 64.1 Å². The molecule has 6 aromatic rings. The van der Waals surface area contributed by atoms with Crippen LogP contribution in [0.3, 0.4) is 0 Å². The van der Waals surface area contributed by atoms with Gasteiger partial charge in [0.15, 0.2) is 0 Å². The molecule has 37 heavy (non-hydrogen) atoms. The van der Waals surface area contributed by atoms with Crippen LogP contribution in [0.25, 0.3) is 53.0 Å². The number of fused-ring (bicyclic) bond motifs is 5. The first-order valence-corrected chi connectivity index (χ1v) is 13.8. The van der Waals surface area contributed by atoms with Crippen molar-refractivity contribution in [2.75, 3.05) is 0 Å². The summed E-state index contributed by atoms with van der Waals surface area (Å²) in [5.41, 5.74) is 7.20. The van der Waals surface area contributed by atoms with Crippen LogP contribution in [0.2, 0.25) is 0 Å². The summed E-state index contributed by atoms with van der Waals surface area (Å²) in [4.78, 5) is 10.1. The van der Waals surface area contributed by atoms with Crippen LogP contribution in [0.1, 0.15) is 52.7 Å². The third-order valence-corrected chi connectivity index (χ3v) is 8.86. The van der Waals surface area contributed by atoms with Crippen LogP contribution in [0.4, 0.5) is 5.69 Å². The summed E-state index contributed by atoms with van der Waals surface area (Å²) < 4.78 is 2.58. The largest absolute Gasteiger partial charge is 0.255 e. The van der Waals surface area contributed by atoms with Gasteiger partial charge in [0.25, 0.3) is 0 Å². The van der Waals surface area contributed by atoms with Crippen molar-refractivity contribution in [3.63, 3.8) is 0 Å². The van der Waals surface area contributed by atoms with Crippen LogP contribution in [-0.4, -0.2) is 10.7 Å². The van der Waals surface area contributed by atoms with Crippen molar-refractivity contribution in [3.8, 4) is 11.3 Å². The van der Waals surface area contributed by atoms with E-state index in [9.17, 15) is 0 Å². The normalized spacial score (nSPS) is 13.8. The van der Waals surface area contributed by atoms with Gasteiger partial charge in [-0.2, -0.15) is 0 Å². The number of aliphatic imine (C=N–C) groups is 1. The summed E-state index contributed by atoms with van der Waals surface area (Å²) in [6.07, 6.45) is 1.98. The summed E-state index contributed by atoms with van der Waals surface area (Å²) in [5.74, 6) is 0. The molecule has 0 saturated heterocycles. The van der Waals surface area contributed by atoms with Gasteiger partial charge in [-0.15, -0.1) is 11.3 Å². The molecular weight excluding hydrogens is 468 g/mol. The second kappa shape index (κ2) is 7.49. The molecule has 182 valence electrons. The first-order chi connectivity index (χ1) is 17.6. The lowest BCUT2D eigenvalue weighted by atomic mass is 9.82. The molecule has 0 atom stereocenters. The van der Waals surface area contributed by atoms with Crippen LogP contribution in [-0.2, 0) is 5.41 Å². The van der Waals surface area contributed by atoms with Crippen molar-refractivity contribution in [3.05, 3.63) is 84.1 Å². The van der Waals surface area contributed by atoms with Crippen LogP contribution < -0.4 is 0 Å². The standard InChI is InChI=1S/C34H30N2S/c1-33(2,3)25-18-21(16-19-10-7-8-12-22(19)25)29-31-23(14-15-35-29)24-17-20-11-9-13-26-27(20)28(30(24)37-31)32(36-26)34(4,5)6/h7-18H,1-6H3. The second-order valence-corrected chi connectivity index (χ2v) is 13.4. The Balaban J connectivity index is 1.58. The van der Waals surface area contributed by atoms with Gasteiger partial charge in [-0.3, -0.25) is 9.98 Å². The Morgan fingerprint density at radius 1 is 0.676 bits per heavy atom. The first-order valence-electron chi connectivity index (χ1n) is 13.0. The topological polar surface area (TPSA) is 25.2 Å². The Labute approximate surface area is 221 Å². The Morgan fingerprint density at radius 2 is 1.46 bits per heavy atom. The van der Waals surface area contributed by atoms with Crippen LogP contribution in [0.15, 0.2) is 77.9 Å². The van der Waals surface area contributed by atoms with Gasteiger partial charge >= 0.3 is 0 Å². The number of benzene rings is 4. The summed E-state index contributed by atoms with van der Waals surface area (Å²) in [6, 6.07) is 24.5. The Morgan fingerprint density at radius 3 is 2.24 bits per heavy atom. The van der Waals surface area contributed by atoms with Crippen molar-refractivity contribution in [2.24, 2.45) is 10.4 Å². The molecule has 0 saturated carbocycles. The Hall–Kier alpha value is -3.56. The molecule has 1 aliphatic rings. The maximum atomic E-state index is 5.15. The number of nitrogens with zero attached hydrogens (tertiary/aromatic N) is 2. The zero-order chi connectivity index (χ0) is 25.7. The summed E-state index contributed by atoms with van der Waals surface area (Å²) >= 11 is 1.88. The van der Waals surface area contributed by atoms with Gasteiger partial charge in [-0.05, 0) is 57.5 Å². The van der Waals surface area contributed by atoms with Gasteiger partial charge < -0.3 is 0 Å². The van der Waals surface area contributed by atoms with Gasteiger partial charge in [0.1, 0.15) is 0 Å². The lowest BCUT2D eigenvalue weighted by Gasteiger charge is -2.22. The van der Waals surface area contributed by atoms with Gasteiger partial charge in [-0.25, -0.2) is 0 Å². The predicted octanol–water partition coefficient (Wildman–Crippen LogP) is 10.2. The summed E-state index contributed by atoms with van der Waals surface area (Å²) in [6.45, 7) is 13.7. The van der Waals surface area contributed by atoms with Gasteiger partial charge in [-0.1, -0.05) is 77.9 Å². The van der Waals surface area contributed by atoms with Crippen LogP contribution in [0, 0.1) is 5.41 Å². The fraction of sp³-hybridized carbons (Fsp3) is 0.235. The Kier molecular flexibility index (Phi) is 4.58. The molecule has 1 aliphatic heterocycles. The predicted molar refractivity (Wildman–Crippen MR) is 162 cm³/mol. The van der Waals surface area contributed by atoms with E-state index < -0.39 is 0 Å². The molecule has 2 nitrogen and oxygen atoms in total. The first kappa shape index (κ1) is 22.6. The molecular formula is C34H30N2S. The number of aromatic nitrogens is 1. The highest BCUT2D eigenvalue weighted by Gasteiger charge is 2.31. The van der Waals surface area contributed by atoms with Crippen molar-refractivity contribution in [2.45, 2.75) is 47.0 Å². The van der Waals surface area contributed by atoms with Crippen molar-refractivity contribution >= 4 is 64.5 Å². The zero-order valence-electron chi connectivity index (χ0n) is 22.2. The smallest absolute Gasteiger partial charge is 0.0880 e. The van der Waals surface area contributed by atoms with Gasteiger partial charge in [0, 0.05) is 43.6 Å². The number of pyridine rings is 1. The van der Waals surface area contributed by atoms with E-state index in [0.717, 1.165) is 11.4 Å². The lowest BCUT2D eigenvalue weighted by molar-refractivity contribution is 0.594. The molecule has 0 bridgehead atoms. The molecule has 3 heterocycles. The Bertz CT molecular complexity index is 1940. The number of hydrogen-bond donors (Lipinski definition) is 0. The number of hydrogen-bond acceptors (Lipinski definition) is 3. The monoisotopic (exact) mass is 498 g/mol. The molecule has 3 heteroatoms. The van der Waals surface area contributed by atoms with Crippen molar-refractivity contribution < 1.29 is 0 Å². The van der Waals surface area contributed by atoms with E-state index in [1.807, 2.05) is 17.5 Å². The van der Waals surface area contributed by atoms with E-state index in [0.29, 0.717) is 0 Å².